The van der Waals surface area contributed by atoms with Crippen molar-refractivity contribution in [1.82, 2.24) is 4.90 Å². The van der Waals surface area contributed by atoms with E-state index in [1.54, 1.807) is 0 Å². The monoisotopic (exact) mass is 178 g/mol. The van der Waals surface area contributed by atoms with Gasteiger partial charge in [-0.3, -0.25) is 4.90 Å². The number of hydrogen-bond acceptors (Lipinski definition) is 2. The fourth-order valence-corrected chi connectivity index (χ4v) is 3.24. The highest BCUT2D eigenvalue weighted by Crippen LogP contribution is 2.49. The van der Waals surface area contributed by atoms with Crippen LogP contribution in [0.1, 0.15) is 32.1 Å². The summed E-state index contributed by atoms with van der Waals surface area (Å²) in [6, 6.07) is 2.57. The first-order valence-electron chi connectivity index (χ1n) is 5.28. The molecule has 1 unspecified atom stereocenters. The van der Waals surface area contributed by atoms with Crippen LogP contribution in [0, 0.1) is 23.2 Å². The molecule has 0 aromatic rings. The summed E-state index contributed by atoms with van der Waals surface area (Å²) in [4.78, 5) is 2.16. The summed E-state index contributed by atoms with van der Waals surface area (Å²) in [5.74, 6) is 1.46. The number of fused-ring (bicyclic) bond motifs is 3. The van der Waals surface area contributed by atoms with E-state index in [4.69, 9.17) is 0 Å². The zero-order chi connectivity index (χ0) is 9.47. The number of hydrogen-bond donors (Lipinski definition) is 0. The molecule has 2 heteroatoms. The van der Waals surface area contributed by atoms with E-state index in [9.17, 15) is 5.26 Å². The van der Waals surface area contributed by atoms with Gasteiger partial charge in [0.1, 0.15) is 5.54 Å². The van der Waals surface area contributed by atoms with Gasteiger partial charge in [0.15, 0.2) is 0 Å². The van der Waals surface area contributed by atoms with Crippen LogP contribution in [-0.4, -0.2) is 24.5 Å². The second kappa shape index (κ2) is 2.99. The van der Waals surface area contributed by atoms with E-state index < -0.39 is 0 Å². The third kappa shape index (κ3) is 1.18. The molecule has 3 aliphatic carbocycles. The fourth-order valence-electron chi connectivity index (χ4n) is 3.24. The number of nitrogens with zero attached hydrogens (tertiary/aromatic N) is 2. The highest BCUT2D eigenvalue weighted by Gasteiger charge is 2.49. The zero-order valence-corrected chi connectivity index (χ0v) is 8.58. The minimum Gasteiger partial charge on any atom is -0.291 e. The maximum absolute atomic E-state index is 9.34. The Morgan fingerprint density at radius 2 is 1.85 bits per heavy atom. The van der Waals surface area contributed by atoms with Gasteiger partial charge in [0, 0.05) is 0 Å². The van der Waals surface area contributed by atoms with Crippen molar-refractivity contribution < 1.29 is 0 Å². The first-order chi connectivity index (χ1) is 6.19. The molecule has 1 atom stereocenters. The van der Waals surface area contributed by atoms with Crippen LogP contribution in [0.4, 0.5) is 0 Å². The lowest BCUT2D eigenvalue weighted by molar-refractivity contribution is 0.0120. The Bertz CT molecular complexity index is 233. The predicted molar refractivity (Wildman–Crippen MR) is 52.1 cm³/mol. The standard InChI is InChI=1S/C11H18N2/c1-13(2)11(8-12)7-9-3-5-10(11)6-4-9/h9-10H,3-7H2,1-2H3. The molecule has 72 valence electrons. The van der Waals surface area contributed by atoms with E-state index in [0.29, 0.717) is 5.92 Å². The smallest absolute Gasteiger partial charge is 0.111 e. The van der Waals surface area contributed by atoms with Crippen LogP contribution in [-0.2, 0) is 0 Å². The molecule has 0 aliphatic heterocycles. The molecule has 0 N–H and O–H groups in total. The molecule has 0 radical (unpaired) electrons. The third-order valence-electron chi connectivity index (χ3n) is 4.11. The Morgan fingerprint density at radius 3 is 2.08 bits per heavy atom. The SMILES string of the molecule is CN(C)C1(C#N)CC2CCC1CC2. The van der Waals surface area contributed by atoms with Crippen molar-refractivity contribution in [1.29, 1.82) is 5.26 Å². The van der Waals surface area contributed by atoms with E-state index in [1.807, 2.05) is 0 Å². The molecule has 0 spiro atoms. The maximum Gasteiger partial charge on any atom is 0.111 e. The molecule has 0 aromatic heterocycles. The Labute approximate surface area is 80.5 Å². The second-order valence-electron chi connectivity index (χ2n) is 4.85. The summed E-state index contributed by atoms with van der Waals surface area (Å²) in [7, 11) is 4.12. The molecule has 0 heterocycles. The minimum atomic E-state index is -0.124. The first-order valence-corrected chi connectivity index (χ1v) is 5.28. The van der Waals surface area contributed by atoms with Crippen molar-refractivity contribution in [3.63, 3.8) is 0 Å². The van der Waals surface area contributed by atoms with E-state index >= 15 is 0 Å². The third-order valence-corrected chi connectivity index (χ3v) is 4.11. The lowest BCUT2D eigenvalue weighted by Gasteiger charge is -2.51. The number of rotatable bonds is 1. The van der Waals surface area contributed by atoms with Gasteiger partial charge in [-0.15, -0.1) is 0 Å². The lowest BCUT2D eigenvalue weighted by Crippen LogP contribution is -2.55. The van der Waals surface area contributed by atoms with Crippen LogP contribution in [0.15, 0.2) is 0 Å². The fraction of sp³-hybridized carbons (Fsp3) is 0.909. The molecule has 3 saturated carbocycles. The highest BCUT2D eigenvalue weighted by atomic mass is 15.2. The van der Waals surface area contributed by atoms with Gasteiger partial charge in [-0.2, -0.15) is 5.26 Å². The molecule has 3 aliphatic rings. The quantitative estimate of drug-likeness (QED) is 0.614. The zero-order valence-electron chi connectivity index (χ0n) is 8.58. The summed E-state index contributed by atoms with van der Waals surface area (Å²) in [5.41, 5.74) is -0.124. The molecule has 3 fully saturated rings. The molecule has 0 amide bonds. The Morgan fingerprint density at radius 1 is 1.23 bits per heavy atom. The van der Waals surface area contributed by atoms with Crippen LogP contribution < -0.4 is 0 Å². The van der Waals surface area contributed by atoms with Gasteiger partial charge in [-0.1, -0.05) is 0 Å². The summed E-state index contributed by atoms with van der Waals surface area (Å²) >= 11 is 0. The highest BCUT2D eigenvalue weighted by molar-refractivity contribution is 5.15. The van der Waals surface area contributed by atoms with Crippen LogP contribution >= 0.6 is 0 Å². The van der Waals surface area contributed by atoms with E-state index in [2.05, 4.69) is 25.1 Å². The van der Waals surface area contributed by atoms with Crippen molar-refractivity contribution >= 4 is 0 Å². The van der Waals surface area contributed by atoms with Gasteiger partial charge in [0.25, 0.3) is 0 Å². The molecule has 2 nitrogen and oxygen atoms in total. The molecule has 13 heavy (non-hydrogen) atoms. The normalized spacial score (nSPS) is 43.5. The molecule has 3 rings (SSSR count). The first kappa shape index (κ1) is 9.02. The van der Waals surface area contributed by atoms with Gasteiger partial charge in [-0.05, 0) is 58.0 Å². The van der Waals surface area contributed by atoms with Crippen LogP contribution in [0.5, 0.6) is 0 Å². The molecule has 0 saturated heterocycles. The van der Waals surface area contributed by atoms with Crippen molar-refractivity contribution in [2.75, 3.05) is 14.1 Å². The largest absolute Gasteiger partial charge is 0.291 e. The summed E-state index contributed by atoms with van der Waals surface area (Å²) in [6.07, 6.45) is 6.39. The second-order valence-corrected chi connectivity index (χ2v) is 4.85. The molecule has 0 aromatic carbocycles. The van der Waals surface area contributed by atoms with Crippen LogP contribution in [0.3, 0.4) is 0 Å². The Hall–Kier alpha value is -0.550. The average Bonchev–Trinajstić information content (AvgIpc) is 2.19. The van der Waals surface area contributed by atoms with Crippen LogP contribution in [0.25, 0.3) is 0 Å². The Balaban J connectivity index is 2.27. The predicted octanol–water partition coefficient (Wildman–Crippen LogP) is 2.02. The minimum absolute atomic E-state index is 0.124. The molecular weight excluding hydrogens is 160 g/mol. The lowest BCUT2D eigenvalue weighted by atomic mass is 9.60. The number of nitriles is 1. The molecular formula is C11H18N2. The van der Waals surface area contributed by atoms with Crippen molar-refractivity contribution in [2.45, 2.75) is 37.6 Å². The van der Waals surface area contributed by atoms with Gasteiger partial charge >= 0.3 is 0 Å². The van der Waals surface area contributed by atoms with E-state index in [-0.39, 0.29) is 5.54 Å². The topological polar surface area (TPSA) is 27.0 Å². The molecule has 2 bridgehead atoms. The van der Waals surface area contributed by atoms with Gasteiger partial charge in [-0.25, -0.2) is 0 Å². The summed E-state index contributed by atoms with van der Waals surface area (Å²) in [5, 5.41) is 9.34. The average molecular weight is 178 g/mol. The maximum atomic E-state index is 9.34. The summed E-state index contributed by atoms with van der Waals surface area (Å²) < 4.78 is 0. The summed E-state index contributed by atoms with van der Waals surface area (Å²) in [6.45, 7) is 0. The van der Waals surface area contributed by atoms with Gasteiger partial charge < -0.3 is 0 Å². The van der Waals surface area contributed by atoms with E-state index in [0.717, 1.165) is 12.3 Å². The van der Waals surface area contributed by atoms with E-state index in [1.165, 1.54) is 25.7 Å². The van der Waals surface area contributed by atoms with Crippen LogP contribution in [0.2, 0.25) is 0 Å². The van der Waals surface area contributed by atoms with Crippen molar-refractivity contribution in [2.24, 2.45) is 11.8 Å². The van der Waals surface area contributed by atoms with Gasteiger partial charge in [0.2, 0.25) is 0 Å². The van der Waals surface area contributed by atoms with Crippen molar-refractivity contribution in [3.8, 4) is 6.07 Å². The van der Waals surface area contributed by atoms with Gasteiger partial charge in [0.05, 0.1) is 6.07 Å². The van der Waals surface area contributed by atoms with Crippen molar-refractivity contribution in [3.05, 3.63) is 0 Å². The Kier molecular flexibility index (Phi) is 2.08.